The summed E-state index contributed by atoms with van der Waals surface area (Å²) in [5.74, 6) is -0.309. The second-order valence-electron chi connectivity index (χ2n) is 3.36. The summed E-state index contributed by atoms with van der Waals surface area (Å²) in [4.78, 5) is 2.03. The standard InChI is InChI=1S/C8H13NO2S2.Na/c12-7(13)9-3-1-8(2-4-9)10-5-6-11-8;/h1-6H2,(H,12,13);/q;+1/p-1. The Labute approximate surface area is 117 Å². The average molecular weight is 241 g/mol. The molecule has 1 spiro atoms. The molecular weight excluding hydrogens is 229 g/mol. The molecule has 0 saturated carbocycles. The van der Waals surface area contributed by atoms with Crippen LogP contribution in [0.4, 0.5) is 0 Å². The minimum absolute atomic E-state index is 0. The normalized spacial score (nSPS) is 24.7. The zero-order valence-electron chi connectivity index (χ0n) is 8.32. The largest absolute Gasteiger partial charge is 1.00 e. The van der Waals surface area contributed by atoms with Crippen LogP contribution >= 0.6 is 12.2 Å². The van der Waals surface area contributed by atoms with Crippen molar-refractivity contribution in [3.05, 3.63) is 0 Å². The van der Waals surface area contributed by atoms with Gasteiger partial charge in [-0.2, -0.15) is 0 Å². The average Bonchev–Trinajstić information content (AvgIpc) is 2.54. The van der Waals surface area contributed by atoms with Gasteiger partial charge in [-0.05, 0) is 0 Å². The van der Waals surface area contributed by atoms with Gasteiger partial charge in [0.1, 0.15) is 0 Å². The fourth-order valence-corrected chi connectivity index (χ4v) is 2.18. The van der Waals surface area contributed by atoms with Crippen molar-refractivity contribution in [1.29, 1.82) is 0 Å². The van der Waals surface area contributed by atoms with Gasteiger partial charge < -0.3 is 39.2 Å². The van der Waals surface area contributed by atoms with Crippen molar-refractivity contribution < 1.29 is 39.0 Å². The third-order valence-corrected chi connectivity index (χ3v) is 3.11. The number of ether oxygens (including phenoxy) is 2. The number of nitrogens with zero attached hydrogens (tertiary/aromatic N) is 1. The molecule has 0 amide bonds. The van der Waals surface area contributed by atoms with Crippen LogP contribution in [0.2, 0.25) is 0 Å². The number of rotatable bonds is 0. The van der Waals surface area contributed by atoms with Gasteiger partial charge in [0, 0.05) is 25.9 Å². The van der Waals surface area contributed by atoms with Crippen LogP contribution in [-0.4, -0.2) is 41.3 Å². The molecule has 2 aliphatic rings. The molecule has 14 heavy (non-hydrogen) atoms. The first-order valence-electron chi connectivity index (χ1n) is 4.46. The minimum atomic E-state index is -0.309. The van der Waals surface area contributed by atoms with Crippen molar-refractivity contribution in [1.82, 2.24) is 4.90 Å². The van der Waals surface area contributed by atoms with Gasteiger partial charge >= 0.3 is 29.6 Å². The maximum Gasteiger partial charge on any atom is 1.00 e. The predicted octanol–water partition coefficient (Wildman–Crippen LogP) is -2.34. The summed E-state index contributed by atoms with van der Waals surface area (Å²) in [6, 6.07) is 0. The molecule has 0 aromatic carbocycles. The second-order valence-corrected chi connectivity index (χ2v) is 4.39. The number of likely N-dealkylation sites (tertiary alicyclic amines) is 1. The van der Waals surface area contributed by atoms with E-state index in [2.05, 4.69) is 0 Å². The maximum atomic E-state index is 5.58. The molecule has 74 valence electrons. The van der Waals surface area contributed by atoms with Crippen LogP contribution in [0, 0.1) is 0 Å². The molecule has 0 atom stereocenters. The molecule has 0 radical (unpaired) electrons. The van der Waals surface area contributed by atoms with E-state index in [9.17, 15) is 0 Å². The van der Waals surface area contributed by atoms with Gasteiger partial charge in [-0.1, -0.05) is 4.32 Å². The van der Waals surface area contributed by atoms with E-state index in [0.29, 0.717) is 4.32 Å². The molecule has 2 rings (SSSR count). The third-order valence-electron chi connectivity index (χ3n) is 2.60. The van der Waals surface area contributed by atoms with Crippen molar-refractivity contribution in [2.45, 2.75) is 18.6 Å². The fraction of sp³-hybridized carbons (Fsp3) is 0.875. The fourth-order valence-electron chi connectivity index (χ4n) is 1.82. The topological polar surface area (TPSA) is 21.7 Å². The van der Waals surface area contributed by atoms with E-state index < -0.39 is 0 Å². The molecule has 0 aliphatic carbocycles. The van der Waals surface area contributed by atoms with Gasteiger partial charge in [-0.15, -0.1) is 0 Å². The zero-order valence-corrected chi connectivity index (χ0v) is 12.0. The van der Waals surface area contributed by atoms with Crippen molar-refractivity contribution in [3.8, 4) is 0 Å². The van der Waals surface area contributed by atoms with Crippen LogP contribution < -0.4 is 29.6 Å². The molecule has 0 aromatic heterocycles. The van der Waals surface area contributed by atoms with Gasteiger partial charge in [-0.3, -0.25) is 0 Å². The van der Waals surface area contributed by atoms with Gasteiger partial charge in [0.05, 0.1) is 13.2 Å². The SMILES string of the molecule is S=C([S-])N1CCC2(CC1)OCCO2.[Na+]. The van der Waals surface area contributed by atoms with Gasteiger partial charge in [0.15, 0.2) is 5.79 Å². The summed E-state index contributed by atoms with van der Waals surface area (Å²) in [7, 11) is 0. The van der Waals surface area contributed by atoms with Gasteiger partial charge in [0.25, 0.3) is 0 Å². The Balaban J connectivity index is 0.000000980. The first kappa shape index (κ1) is 13.1. The van der Waals surface area contributed by atoms with E-state index >= 15 is 0 Å². The molecular formula is C8H12NNaO2S2. The minimum Gasteiger partial charge on any atom is -0.411 e. The van der Waals surface area contributed by atoms with E-state index in [0.717, 1.165) is 39.1 Å². The Morgan fingerprint density at radius 2 is 1.71 bits per heavy atom. The first-order valence-corrected chi connectivity index (χ1v) is 5.27. The summed E-state index contributed by atoms with van der Waals surface area (Å²) in [5, 5.41) is 0. The monoisotopic (exact) mass is 241 g/mol. The molecule has 0 unspecified atom stereocenters. The molecule has 0 N–H and O–H groups in total. The van der Waals surface area contributed by atoms with E-state index in [-0.39, 0.29) is 35.3 Å². The Hall–Kier alpha value is 1.03. The summed E-state index contributed by atoms with van der Waals surface area (Å²) in [5.41, 5.74) is 0. The van der Waals surface area contributed by atoms with Gasteiger partial charge in [0.2, 0.25) is 0 Å². The second kappa shape index (κ2) is 5.39. The van der Waals surface area contributed by atoms with Crippen LogP contribution in [0.3, 0.4) is 0 Å². The van der Waals surface area contributed by atoms with Crippen molar-refractivity contribution in [3.63, 3.8) is 0 Å². The molecule has 0 bridgehead atoms. The van der Waals surface area contributed by atoms with Crippen LogP contribution in [-0.2, 0) is 22.1 Å². The first-order chi connectivity index (χ1) is 6.22. The molecule has 3 nitrogen and oxygen atoms in total. The predicted molar refractivity (Wildman–Crippen MR) is 55.4 cm³/mol. The Morgan fingerprint density at radius 1 is 1.21 bits per heavy atom. The Kier molecular flexibility index (Phi) is 5.04. The molecule has 6 heteroatoms. The van der Waals surface area contributed by atoms with E-state index in [1.54, 1.807) is 0 Å². The maximum absolute atomic E-state index is 5.58. The molecule has 0 aromatic rings. The summed E-state index contributed by atoms with van der Waals surface area (Å²) in [6.45, 7) is 3.17. The van der Waals surface area contributed by atoms with Crippen LogP contribution in [0.15, 0.2) is 0 Å². The van der Waals surface area contributed by atoms with E-state index in [4.69, 9.17) is 34.3 Å². The van der Waals surface area contributed by atoms with Crippen LogP contribution in [0.5, 0.6) is 0 Å². The van der Waals surface area contributed by atoms with Crippen molar-refractivity contribution in [2.75, 3.05) is 26.3 Å². The third kappa shape index (κ3) is 2.78. The van der Waals surface area contributed by atoms with Gasteiger partial charge in [-0.25, -0.2) is 0 Å². The zero-order chi connectivity index (χ0) is 9.31. The number of hydrogen-bond acceptors (Lipinski definition) is 4. The Morgan fingerprint density at radius 3 is 2.14 bits per heavy atom. The summed E-state index contributed by atoms with van der Waals surface area (Å²) in [6.07, 6.45) is 1.76. The quantitative estimate of drug-likeness (QED) is 0.268. The summed E-state index contributed by atoms with van der Waals surface area (Å²) >= 11 is 9.88. The smallest absolute Gasteiger partial charge is 0.411 e. The van der Waals surface area contributed by atoms with E-state index in [1.807, 2.05) is 4.90 Å². The molecule has 2 aliphatic heterocycles. The molecule has 2 fully saturated rings. The number of thiocarbonyl (C=S) groups is 1. The molecule has 2 heterocycles. The van der Waals surface area contributed by atoms with E-state index in [1.165, 1.54) is 0 Å². The summed E-state index contributed by atoms with van der Waals surface area (Å²) < 4.78 is 11.7. The number of hydrogen-bond donors (Lipinski definition) is 0. The Bertz CT molecular complexity index is 211. The van der Waals surface area contributed by atoms with Crippen molar-refractivity contribution >= 4 is 29.2 Å². The van der Waals surface area contributed by atoms with Crippen molar-refractivity contribution in [2.24, 2.45) is 0 Å². The number of piperidine rings is 1. The van der Waals surface area contributed by atoms with Crippen LogP contribution in [0.25, 0.3) is 0 Å². The molecule has 2 saturated heterocycles. The van der Waals surface area contributed by atoms with Crippen LogP contribution in [0.1, 0.15) is 12.8 Å².